The molecule has 0 fully saturated rings. The Kier molecular flexibility index (Phi) is 2.87. The van der Waals surface area contributed by atoms with Gasteiger partial charge in [-0.05, 0) is 96.1 Å². The fourth-order valence-corrected chi connectivity index (χ4v) is 3.34. The van der Waals surface area contributed by atoms with Crippen molar-refractivity contribution < 1.29 is 10.2 Å². The van der Waals surface area contributed by atoms with Gasteiger partial charge in [-0.25, -0.2) is 0 Å². The molecule has 21 heavy (non-hydrogen) atoms. The highest BCUT2D eigenvalue weighted by Crippen LogP contribution is 2.40. The molecule has 2 N–H and O–H groups in total. The van der Waals surface area contributed by atoms with Gasteiger partial charge in [0, 0.05) is 0 Å². The van der Waals surface area contributed by atoms with Gasteiger partial charge in [0.2, 0.25) is 0 Å². The maximum atomic E-state index is 10.3. The van der Waals surface area contributed by atoms with Crippen molar-refractivity contribution in [1.29, 1.82) is 0 Å². The zero-order valence-electron chi connectivity index (χ0n) is 13.1. The summed E-state index contributed by atoms with van der Waals surface area (Å²) in [4.78, 5) is 0. The van der Waals surface area contributed by atoms with E-state index < -0.39 is 0 Å². The molecule has 3 rings (SSSR count). The third-order valence-corrected chi connectivity index (χ3v) is 4.88. The van der Waals surface area contributed by atoms with Crippen LogP contribution in [0.15, 0.2) is 18.2 Å². The van der Waals surface area contributed by atoms with Crippen molar-refractivity contribution in [3.63, 3.8) is 0 Å². The van der Waals surface area contributed by atoms with Gasteiger partial charge in [-0.1, -0.05) is 6.07 Å². The molecule has 0 aliphatic rings. The third kappa shape index (κ3) is 1.72. The minimum absolute atomic E-state index is 0.312. The highest BCUT2D eigenvalue weighted by atomic mass is 16.3. The second kappa shape index (κ2) is 4.39. The molecule has 3 aromatic carbocycles. The lowest BCUT2D eigenvalue weighted by Crippen LogP contribution is -1.94. The van der Waals surface area contributed by atoms with Crippen molar-refractivity contribution in [3.8, 4) is 11.5 Å². The SMILES string of the molecule is Cc1c(O)c(C)c2cc3c(C)c(O)ccc3c(C)c2c1C. The number of phenolic OH excluding ortho intramolecular Hbond substituents is 2. The van der Waals surface area contributed by atoms with Crippen LogP contribution in [0.1, 0.15) is 27.8 Å². The highest BCUT2D eigenvalue weighted by Gasteiger charge is 2.16. The van der Waals surface area contributed by atoms with Crippen molar-refractivity contribution in [3.05, 3.63) is 46.0 Å². The predicted octanol–water partition coefficient (Wildman–Crippen LogP) is 4.95. The maximum Gasteiger partial charge on any atom is 0.122 e. The fourth-order valence-electron chi connectivity index (χ4n) is 3.34. The Morgan fingerprint density at radius 3 is 1.95 bits per heavy atom. The number of phenols is 2. The van der Waals surface area contributed by atoms with E-state index in [4.69, 9.17) is 0 Å². The van der Waals surface area contributed by atoms with Gasteiger partial charge >= 0.3 is 0 Å². The number of aryl methyl sites for hydroxylation is 4. The van der Waals surface area contributed by atoms with Crippen LogP contribution in [0.3, 0.4) is 0 Å². The number of benzene rings is 3. The van der Waals surface area contributed by atoms with E-state index in [1.54, 1.807) is 6.07 Å². The van der Waals surface area contributed by atoms with Crippen molar-refractivity contribution in [1.82, 2.24) is 0 Å². The Bertz CT molecular complexity index is 905. The number of hydrogen-bond acceptors (Lipinski definition) is 2. The average Bonchev–Trinajstić information content (AvgIpc) is 2.46. The van der Waals surface area contributed by atoms with Gasteiger partial charge in [-0.3, -0.25) is 0 Å². The molecular weight excluding hydrogens is 260 g/mol. The zero-order valence-corrected chi connectivity index (χ0v) is 13.1. The summed E-state index contributed by atoms with van der Waals surface area (Å²) in [5, 5.41) is 24.8. The Labute approximate surface area is 124 Å². The lowest BCUT2D eigenvalue weighted by molar-refractivity contribution is 0.467. The number of hydrogen-bond donors (Lipinski definition) is 2. The molecule has 0 heterocycles. The lowest BCUT2D eigenvalue weighted by Gasteiger charge is -2.17. The van der Waals surface area contributed by atoms with E-state index in [0.717, 1.165) is 38.4 Å². The van der Waals surface area contributed by atoms with Gasteiger partial charge in [-0.15, -0.1) is 0 Å². The summed E-state index contributed by atoms with van der Waals surface area (Å²) in [7, 11) is 0. The molecule has 3 aromatic rings. The number of rotatable bonds is 0. The highest BCUT2D eigenvalue weighted by molar-refractivity contribution is 6.07. The molecule has 0 bridgehead atoms. The van der Waals surface area contributed by atoms with E-state index in [1.165, 1.54) is 10.9 Å². The van der Waals surface area contributed by atoms with Gasteiger partial charge < -0.3 is 10.2 Å². The van der Waals surface area contributed by atoms with Gasteiger partial charge in [-0.2, -0.15) is 0 Å². The molecule has 0 saturated heterocycles. The summed E-state index contributed by atoms with van der Waals surface area (Å²) in [5.41, 5.74) is 5.06. The van der Waals surface area contributed by atoms with Crippen molar-refractivity contribution in [2.75, 3.05) is 0 Å². The average molecular weight is 280 g/mol. The largest absolute Gasteiger partial charge is 0.508 e. The Morgan fingerprint density at radius 2 is 1.29 bits per heavy atom. The van der Waals surface area contributed by atoms with E-state index in [0.29, 0.717) is 11.5 Å². The van der Waals surface area contributed by atoms with Crippen LogP contribution in [0, 0.1) is 34.6 Å². The molecule has 0 amide bonds. The smallest absolute Gasteiger partial charge is 0.122 e. The van der Waals surface area contributed by atoms with Crippen molar-refractivity contribution in [2.45, 2.75) is 34.6 Å². The molecule has 0 spiro atoms. The molecule has 0 aromatic heterocycles. The Morgan fingerprint density at radius 1 is 0.619 bits per heavy atom. The van der Waals surface area contributed by atoms with Gasteiger partial charge in [0.05, 0.1) is 0 Å². The Hall–Kier alpha value is -2.22. The molecule has 2 nitrogen and oxygen atoms in total. The van der Waals surface area contributed by atoms with Crippen LogP contribution >= 0.6 is 0 Å². The van der Waals surface area contributed by atoms with E-state index in [9.17, 15) is 10.2 Å². The van der Waals surface area contributed by atoms with Crippen LogP contribution in [0.25, 0.3) is 21.5 Å². The molecule has 0 unspecified atom stereocenters. The summed E-state index contributed by atoms with van der Waals surface area (Å²) in [6, 6.07) is 5.82. The van der Waals surface area contributed by atoms with Crippen LogP contribution in [0.4, 0.5) is 0 Å². The first-order valence-electron chi connectivity index (χ1n) is 7.19. The standard InChI is InChI=1S/C19H20O2/c1-9-10(2)19(21)13(5)16-8-15-11(3)17(20)7-6-14(15)12(4)18(9)16/h6-8,20-21H,1-5H3. The van der Waals surface area contributed by atoms with Gasteiger partial charge in [0.25, 0.3) is 0 Å². The molecule has 0 aliphatic carbocycles. The summed E-state index contributed by atoms with van der Waals surface area (Å²) in [6.45, 7) is 10.0. The number of aromatic hydroxyl groups is 2. The molecule has 0 aliphatic heterocycles. The summed E-state index contributed by atoms with van der Waals surface area (Å²) < 4.78 is 0. The summed E-state index contributed by atoms with van der Waals surface area (Å²) in [5.74, 6) is 0.684. The lowest BCUT2D eigenvalue weighted by atomic mass is 9.88. The molecular formula is C19H20O2. The maximum absolute atomic E-state index is 10.3. The third-order valence-electron chi connectivity index (χ3n) is 4.88. The first-order valence-corrected chi connectivity index (χ1v) is 7.19. The van der Waals surface area contributed by atoms with Crippen LogP contribution in [0.2, 0.25) is 0 Å². The molecule has 0 radical (unpaired) electrons. The topological polar surface area (TPSA) is 40.5 Å². The van der Waals surface area contributed by atoms with Crippen LogP contribution in [-0.2, 0) is 0 Å². The minimum atomic E-state index is 0.312. The Balaban J connectivity index is 2.67. The summed E-state index contributed by atoms with van der Waals surface area (Å²) in [6.07, 6.45) is 0. The molecule has 2 heteroatoms. The molecule has 0 saturated carbocycles. The first-order chi connectivity index (χ1) is 9.84. The predicted molar refractivity (Wildman–Crippen MR) is 88.5 cm³/mol. The van der Waals surface area contributed by atoms with Gasteiger partial charge in [0.15, 0.2) is 0 Å². The van der Waals surface area contributed by atoms with Crippen LogP contribution in [0.5, 0.6) is 11.5 Å². The second-order valence-corrected chi connectivity index (χ2v) is 5.95. The fraction of sp³-hybridized carbons (Fsp3) is 0.263. The van der Waals surface area contributed by atoms with Crippen LogP contribution < -0.4 is 0 Å². The quantitative estimate of drug-likeness (QED) is 0.572. The van der Waals surface area contributed by atoms with E-state index in [1.807, 2.05) is 26.8 Å². The second-order valence-electron chi connectivity index (χ2n) is 5.95. The van der Waals surface area contributed by atoms with E-state index in [-0.39, 0.29) is 0 Å². The van der Waals surface area contributed by atoms with E-state index >= 15 is 0 Å². The van der Waals surface area contributed by atoms with E-state index in [2.05, 4.69) is 19.9 Å². The normalized spacial score (nSPS) is 11.5. The van der Waals surface area contributed by atoms with Gasteiger partial charge in [0.1, 0.15) is 11.5 Å². The minimum Gasteiger partial charge on any atom is -0.508 e. The zero-order chi connectivity index (χ0) is 15.5. The summed E-state index contributed by atoms with van der Waals surface area (Å²) >= 11 is 0. The van der Waals surface area contributed by atoms with Crippen molar-refractivity contribution in [2.24, 2.45) is 0 Å². The van der Waals surface area contributed by atoms with Crippen LogP contribution in [-0.4, -0.2) is 10.2 Å². The molecule has 0 atom stereocenters. The molecule has 108 valence electrons. The van der Waals surface area contributed by atoms with Crippen molar-refractivity contribution >= 4 is 21.5 Å². The number of fused-ring (bicyclic) bond motifs is 2. The first kappa shape index (κ1) is 13.7. The monoisotopic (exact) mass is 280 g/mol.